The van der Waals surface area contributed by atoms with Crippen LogP contribution >= 0.6 is 0 Å². The number of pyridine rings is 1. The van der Waals surface area contributed by atoms with Crippen LogP contribution in [0.25, 0.3) is 11.3 Å². The lowest BCUT2D eigenvalue weighted by molar-refractivity contribution is -0.138. The number of alkyl halides is 3. The Hall–Kier alpha value is -2.50. The number of sulfonamides is 1. The number of hydrogen-bond acceptors (Lipinski definition) is 5. The molecule has 0 aliphatic carbocycles. The molecule has 174 valence electrons. The van der Waals surface area contributed by atoms with E-state index in [2.05, 4.69) is 4.98 Å². The van der Waals surface area contributed by atoms with Crippen molar-refractivity contribution in [3.8, 4) is 11.3 Å². The molecule has 3 rings (SSSR count). The van der Waals surface area contributed by atoms with Gasteiger partial charge in [-0.25, -0.2) is 8.42 Å². The fourth-order valence-corrected chi connectivity index (χ4v) is 4.60. The summed E-state index contributed by atoms with van der Waals surface area (Å²) in [5.74, 6) is -1.25. The van der Waals surface area contributed by atoms with Crippen molar-refractivity contribution in [1.29, 1.82) is 0 Å². The molecule has 2 atom stereocenters. The molecule has 32 heavy (non-hydrogen) atoms. The first-order valence-corrected chi connectivity index (χ1v) is 11.3. The molecular weight excluding hydrogens is 449 g/mol. The number of aromatic nitrogens is 1. The first-order valence-electron chi connectivity index (χ1n) is 9.90. The number of nitrogens with zero attached hydrogens (tertiary/aromatic N) is 2. The molecule has 1 aliphatic heterocycles. The number of aliphatic carboxylic acids is 1. The van der Waals surface area contributed by atoms with Gasteiger partial charge >= 0.3 is 12.1 Å². The molecule has 11 heteroatoms. The van der Waals surface area contributed by atoms with Crippen molar-refractivity contribution in [2.24, 2.45) is 0 Å². The summed E-state index contributed by atoms with van der Waals surface area (Å²) >= 11 is 0. The summed E-state index contributed by atoms with van der Waals surface area (Å²) in [5.41, 5.74) is -0.322. The molecule has 0 bridgehead atoms. The molecular formula is C21H23F3N2O5S. The predicted molar refractivity (Wildman–Crippen MR) is 110 cm³/mol. The van der Waals surface area contributed by atoms with Crippen molar-refractivity contribution in [2.75, 3.05) is 20.2 Å². The zero-order valence-electron chi connectivity index (χ0n) is 17.5. The van der Waals surface area contributed by atoms with E-state index in [-0.39, 0.29) is 36.2 Å². The van der Waals surface area contributed by atoms with Crippen molar-refractivity contribution < 1.29 is 36.2 Å². The number of likely N-dealkylation sites (N-methyl/N-ethyl adjacent to an activating group) is 1. The summed E-state index contributed by atoms with van der Waals surface area (Å²) in [6, 6.07) is 5.68. The number of epoxide rings is 1. The first-order chi connectivity index (χ1) is 14.9. The van der Waals surface area contributed by atoms with E-state index in [4.69, 9.17) is 9.84 Å². The van der Waals surface area contributed by atoms with Gasteiger partial charge in [-0.15, -0.1) is 0 Å². The number of carboxylic acid groups (broad SMARTS) is 1. The summed E-state index contributed by atoms with van der Waals surface area (Å²) in [7, 11) is -2.90. The third-order valence-electron chi connectivity index (χ3n) is 5.27. The van der Waals surface area contributed by atoms with Crippen LogP contribution in [0.2, 0.25) is 0 Å². The SMILES string of the molecule is CC[C@@H](CC(=O)O)c1ccc(-c2cc(C(F)(F)F)cc(S(=O)(=O)N(C)CC3CO3)c2)nc1. The van der Waals surface area contributed by atoms with Crippen molar-refractivity contribution in [1.82, 2.24) is 9.29 Å². The summed E-state index contributed by atoms with van der Waals surface area (Å²) in [5, 5.41) is 9.03. The van der Waals surface area contributed by atoms with Crippen molar-refractivity contribution >= 4 is 16.0 Å². The van der Waals surface area contributed by atoms with Gasteiger partial charge in [-0.05, 0) is 42.2 Å². The van der Waals surface area contributed by atoms with Gasteiger partial charge in [0, 0.05) is 25.4 Å². The van der Waals surface area contributed by atoms with E-state index in [1.807, 2.05) is 6.92 Å². The van der Waals surface area contributed by atoms with Crippen LogP contribution in [0.4, 0.5) is 13.2 Å². The minimum atomic E-state index is -4.76. The first kappa shape index (κ1) is 24.1. The van der Waals surface area contributed by atoms with Gasteiger partial charge in [0.05, 0.1) is 35.3 Å². The summed E-state index contributed by atoms with van der Waals surface area (Å²) in [4.78, 5) is 14.7. The van der Waals surface area contributed by atoms with Crippen LogP contribution in [-0.4, -0.2) is 55.1 Å². The quantitative estimate of drug-likeness (QED) is 0.558. The molecule has 0 radical (unpaired) electrons. The maximum absolute atomic E-state index is 13.5. The van der Waals surface area contributed by atoms with Crippen LogP contribution in [0.5, 0.6) is 0 Å². The third kappa shape index (κ3) is 5.64. The van der Waals surface area contributed by atoms with Gasteiger partial charge in [-0.3, -0.25) is 9.78 Å². The molecule has 7 nitrogen and oxygen atoms in total. The van der Waals surface area contributed by atoms with E-state index >= 15 is 0 Å². The van der Waals surface area contributed by atoms with Gasteiger partial charge in [0.25, 0.3) is 0 Å². The van der Waals surface area contributed by atoms with Crippen LogP contribution in [0.3, 0.4) is 0 Å². The monoisotopic (exact) mass is 472 g/mol. The topological polar surface area (TPSA) is 100 Å². The van der Waals surface area contributed by atoms with Crippen molar-refractivity contribution in [3.63, 3.8) is 0 Å². The highest BCUT2D eigenvalue weighted by Crippen LogP contribution is 2.35. The summed E-state index contributed by atoms with van der Waals surface area (Å²) < 4.78 is 72.2. The highest BCUT2D eigenvalue weighted by atomic mass is 32.2. The fraction of sp³-hybridized carbons (Fsp3) is 0.429. The van der Waals surface area contributed by atoms with E-state index in [0.717, 1.165) is 16.4 Å². The van der Waals surface area contributed by atoms with Crippen LogP contribution in [-0.2, 0) is 25.7 Å². The normalized spacial score (nSPS) is 17.4. The summed E-state index contributed by atoms with van der Waals surface area (Å²) in [6.07, 6.45) is -3.15. The van der Waals surface area contributed by atoms with E-state index in [1.165, 1.54) is 19.3 Å². The van der Waals surface area contributed by atoms with E-state index in [1.54, 1.807) is 6.07 Å². The number of ether oxygens (including phenoxy) is 1. The lowest BCUT2D eigenvalue weighted by Gasteiger charge is -2.18. The van der Waals surface area contributed by atoms with E-state index < -0.39 is 32.6 Å². The molecule has 2 heterocycles. The summed E-state index contributed by atoms with van der Waals surface area (Å²) in [6.45, 7) is 2.28. The zero-order valence-corrected chi connectivity index (χ0v) is 18.3. The maximum Gasteiger partial charge on any atom is 0.416 e. The molecule has 1 saturated heterocycles. The Morgan fingerprint density at radius 3 is 2.50 bits per heavy atom. The second kappa shape index (κ2) is 9.16. The largest absolute Gasteiger partial charge is 0.481 e. The van der Waals surface area contributed by atoms with E-state index in [0.29, 0.717) is 24.7 Å². The van der Waals surface area contributed by atoms with E-state index in [9.17, 15) is 26.4 Å². The highest BCUT2D eigenvalue weighted by molar-refractivity contribution is 7.89. The number of halogens is 3. The molecule has 1 unspecified atom stereocenters. The van der Waals surface area contributed by atoms with Crippen molar-refractivity contribution in [2.45, 2.75) is 42.9 Å². The van der Waals surface area contributed by atoms with Crippen LogP contribution in [0.1, 0.15) is 36.8 Å². The Morgan fingerprint density at radius 1 is 1.31 bits per heavy atom. The number of benzene rings is 1. The Labute approximate surface area is 183 Å². The predicted octanol–water partition coefficient (Wildman–Crippen LogP) is 3.76. The second-order valence-corrected chi connectivity index (χ2v) is 9.71. The molecule has 0 spiro atoms. The van der Waals surface area contributed by atoms with Crippen LogP contribution in [0.15, 0.2) is 41.4 Å². The minimum absolute atomic E-state index is 0.00713. The van der Waals surface area contributed by atoms with Gasteiger partial charge < -0.3 is 9.84 Å². The Bertz CT molecular complexity index is 1080. The molecule has 1 aromatic carbocycles. The van der Waals surface area contributed by atoms with Gasteiger partial charge in [-0.1, -0.05) is 13.0 Å². The van der Waals surface area contributed by atoms with Crippen LogP contribution < -0.4 is 0 Å². The van der Waals surface area contributed by atoms with Gasteiger partial charge in [0.1, 0.15) is 0 Å². The lowest BCUT2D eigenvalue weighted by Crippen LogP contribution is -2.30. The molecule has 1 aliphatic rings. The highest BCUT2D eigenvalue weighted by Gasteiger charge is 2.35. The third-order valence-corrected chi connectivity index (χ3v) is 7.07. The smallest absolute Gasteiger partial charge is 0.416 e. The van der Waals surface area contributed by atoms with Crippen LogP contribution in [0, 0.1) is 0 Å². The van der Waals surface area contributed by atoms with Gasteiger partial charge in [0.15, 0.2) is 0 Å². The average Bonchev–Trinajstić information content (AvgIpc) is 3.55. The maximum atomic E-state index is 13.5. The fourth-order valence-electron chi connectivity index (χ4n) is 3.32. The van der Waals surface area contributed by atoms with Crippen molar-refractivity contribution in [3.05, 3.63) is 47.7 Å². The lowest BCUT2D eigenvalue weighted by atomic mass is 9.94. The molecule has 2 aromatic rings. The molecule has 1 N–H and O–H groups in total. The standard InChI is InChI=1S/C21H23F3N2O5S/c1-3-13(8-20(27)28)14-4-5-19(25-10-14)15-6-16(21(22,23)24)9-18(7-15)32(29,30)26(2)11-17-12-31-17/h4-7,9-10,13,17H,3,8,11-12H2,1-2H3,(H,27,28)/t13-,17?/m0/s1. The number of rotatable bonds is 9. The van der Waals surface area contributed by atoms with Gasteiger partial charge in [-0.2, -0.15) is 17.5 Å². The number of carbonyl (C=O) groups is 1. The molecule has 0 amide bonds. The molecule has 1 aromatic heterocycles. The Morgan fingerprint density at radius 2 is 2.00 bits per heavy atom. The zero-order chi connectivity index (χ0) is 23.7. The second-order valence-electron chi connectivity index (χ2n) is 7.66. The van der Waals surface area contributed by atoms with Gasteiger partial charge in [0.2, 0.25) is 10.0 Å². The minimum Gasteiger partial charge on any atom is -0.481 e. The number of carboxylic acids is 1. The Balaban J connectivity index is 2.00. The molecule has 0 saturated carbocycles. The molecule has 1 fully saturated rings. The Kier molecular flexibility index (Phi) is 6.91. The average molecular weight is 472 g/mol. The number of hydrogen-bond donors (Lipinski definition) is 1.